The van der Waals surface area contributed by atoms with Crippen molar-refractivity contribution in [3.8, 4) is 0 Å². The van der Waals surface area contributed by atoms with Gasteiger partial charge in [-0.2, -0.15) is 0 Å². The van der Waals surface area contributed by atoms with Gasteiger partial charge in [-0.3, -0.25) is 9.10 Å². The molecule has 5 nitrogen and oxygen atoms in total. The van der Waals surface area contributed by atoms with Gasteiger partial charge in [-0.05, 0) is 74.4 Å². The average Bonchev–Trinajstić information content (AvgIpc) is 2.66. The van der Waals surface area contributed by atoms with E-state index < -0.39 is 16.1 Å². The van der Waals surface area contributed by atoms with E-state index in [9.17, 15) is 13.2 Å². The van der Waals surface area contributed by atoms with Crippen molar-refractivity contribution in [1.82, 2.24) is 5.32 Å². The van der Waals surface area contributed by atoms with Gasteiger partial charge in [0.15, 0.2) is 0 Å². The second-order valence-electron chi connectivity index (χ2n) is 7.68. The van der Waals surface area contributed by atoms with E-state index in [-0.39, 0.29) is 11.9 Å². The van der Waals surface area contributed by atoms with Crippen LogP contribution >= 0.6 is 11.6 Å². The van der Waals surface area contributed by atoms with E-state index in [0.717, 1.165) is 29.0 Å². The lowest BCUT2D eigenvalue weighted by molar-refractivity contribution is -0.122. The van der Waals surface area contributed by atoms with E-state index in [0.29, 0.717) is 10.7 Å². The third kappa shape index (κ3) is 5.11. The first-order valence-electron chi connectivity index (χ1n) is 9.84. The Hall–Kier alpha value is -2.05. The second-order valence-corrected chi connectivity index (χ2v) is 9.98. The molecule has 2 aromatic carbocycles. The number of sulfonamides is 1. The van der Waals surface area contributed by atoms with Crippen molar-refractivity contribution >= 4 is 33.2 Å². The minimum Gasteiger partial charge on any atom is -0.348 e. The molecule has 0 aromatic heterocycles. The summed E-state index contributed by atoms with van der Waals surface area (Å²) in [5, 5.41) is 3.37. The maximum absolute atomic E-state index is 12.9. The van der Waals surface area contributed by atoms with Crippen molar-refractivity contribution in [2.45, 2.75) is 51.6 Å². The smallest absolute Gasteiger partial charge is 0.244 e. The van der Waals surface area contributed by atoms with Crippen LogP contribution in [0.25, 0.3) is 0 Å². The molecule has 29 heavy (non-hydrogen) atoms. The number of amides is 1. The molecule has 0 bridgehead atoms. The van der Waals surface area contributed by atoms with Gasteiger partial charge in [0.1, 0.15) is 6.04 Å². The van der Waals surface area contributed by atoms with E-state index in [4.69, 9.17) is 11.6 Å². The van der Waals surface area contributed by atoms with Crippen LogP contribution in [-0.4, -0.2) is 26.6 Å². The van der Waals surface area contributed by atoms with Gasteiger partial charge in [0.2, 0.25) is 15.9 Å². The molecular weight excluding hydrogens is 408 g/mol. The molecule has 3 rings (SSSR count). The van der Waals surface area contributed by atoms with E-state index in [1.165, 1.54) is 24.0 Å². The molecule has 2 atom stereocenters. The van der Waals surface area contributed by atoms with Crippen molar-refractivity contribution in [2.75, 3.05) is 10.6 Å². The van der Waals surface area contributed by atoms with Gasteiger partial charge in [0.05, 0.1) is 18.0 Å². The SMILES string of the molecule is C[C@@H](NC(=O)[C@H](C)N(c1cccc(Cl)c1)S(C)(=O)=O)c1ccc2c(c1)CCCC2. The number of benzene rings is 2. The second kappa shape index (κ2) is 8.76. The Morgan fingerprint density at radius 3 is 2.41 bits per heavy atom. The molecule has 0 aliphatic heterocycles. The number of nitrogens with zero attached hydrogens (tertiary/aromatic N) is 1. The third-order valence-corrected chi connectivity index (χ3v) is 6.86. The molecule has 1 amide bonds. The highest BCUT2D eigenvalue weighted by atomic mass is 35.5. The first-order chi connectivity index (χ1) is 13.7. The van der Waals surface area contributed by atoms with Crippen LogP contribution in [-0.2, 0) is 27.7 Å². The molecule has 0 unspecified atom stereocenters. The lowest BCUT2D eigenvalue weighted by Gasteiger charge is -2.29. The largest absolute Gasteiger partial charge is 0.348 e. The molecule has 0 heterocycles. The zero-order valence-corrected chi connectivity index (χ0v) is 18.6. The Kier molecular flexibility index (Phi) is 6.54. The van der Waals surface area contributed by atoms with Gasteiger partial charge in [0, 0.05) is 5.02 Å². The summed E-state index contributed by atoms with van der Waals surface area (Å²) in [6.45, 7) is 3.50. The molecule has 0 fully saturated rings. The van der Waals surface area contributed by atoms with Crippen molar-refractivity contribution in [2.24, 2.45) is 0 Å². The zero-order valence-electron chi connectivity index (χ0n) is 17.0. The highest BCUT2D eigenvalue weighted by molar-refractivity contribution is 7.92. The predicted octanol–water partition coefficient (Wildman–Crippen LogP) is 4.25. The fourth-order valence-corrected chi connectivity index (χ4v) is 5.21. The first kappa shape index (κ1) is 21.7. The van der Waals surface area contributed by atoms with Crippen molar-refractivity contribution in [1.29, 1.82) is 0 Å². The molecule has 0 saturated heterocycles. The molecule has 7 heteroatoms. The van der Waals surface area contributed by atoms with Crippen LogP contribution in [0.15, 0.2) is 42.5 Å². The number of anilines is 1. The monoisotopic (exact) mass is 434 g/mol. The Balaban J connectivity index is 1.79. The lowest BCUT2D eigenvalue weighted by atomic mass is 9.89. The molecular formula is C22H27ClN2O3S. The lowest BCUT2D eigenvalue weighted by Crippen LogP contribution is -2.48. The number of carbonyl (C=O) groups is 1. The number of nitrogens with one attached hydrogen (secondary N) is 1. The number of halogens is 1. The fourth-order valence-electron chi connectivity index (χ4n) is 3.86. The van der Waals surface area contributed by atoms with Crippen LogP contribution in [0.5, 0.6) is 0 Å². The van der Waals surface area contributed by atoms with Gasteiger partial charge in [-0.1, -0.05) is 35.9 Å². The predicted molar refractivity (Wildman–Crippen MR) is 118 cm³/mol. The molecule has 1 N–H and O–H groups in total. The van der Waals surface area contributed by atoms with Crippen molar-refractivity contribution in [3.63, 3.8) is 0 Å². The Morgan fingerprint density at radius 2 is 1.76 bits per heavy atom. The fraction of sp³-hybridized carbons (Fsp3) is 0.409. The summed E-state index contributed by atoms with van der Waals surface area (Å²) in [6.07, 6.45) is 5.68. The summed E-state index contributed by atoms with van der Waals surface area (Å²) in [6, 6.07) is 11.7. The summed E-state index contributed by atoms with van der Waals surface area (Å²) in [5.74, 6) is -0.361. The van der Waals surface area contributed by atoms with E-state index in [1.807, 2.05) is 13.0 Å². The van der Waals surface area contributed by atoms with Crippen LogP contribution < -0.4 is 9.62 Å². The highest BCUT2D eigenvalue weighted by Gasteiger charge is 2.30. The maximum Gasteiger partial charge on any atom is 0.244 e. The number of aryl methyl sites for hydroxylation is 2. The minimum atomic E-state index is -3.68. The summed E-state index contributed by atoms with van der Waals surface area (Å²) < 4.78 is 25.9. The maximum atomic E-state index is 12.9. The molecule has 0 spiro atoms. The quantitative estimate of drug-likeness (QED) is 0.739. The third-order valence-electron chi connectivity index (χ3n) is 5.38. The molecule has 2 aromatic rings. The molecule has 0 radical (unpaired) electrons. The van der Waals surface area contributed by atoms with E-state index in [2.05, 4.69) is 17.4 Å². The summed E-state index contributed by atoms with van der Waals surface area (Å²) >= 11 is 6.02. The van der Waals surface area contributed by atoms with Crippen LogP contribution in [0.1, 0.15) is 49.4 Å². The Bertz CT molecular complexity index is 1010. The molecule has 0 saturated carbocycles. The van der Waals surface area contributed by atoms with Crippen LogP contribution in [0, 0.1) is 0 Å². The van der Waals surface area contributed by atoms with E-state index >= 15 is 0 Å². The normalized spacial score (nSPS) is 15.9. The topological polar surface area (TPSA) is 66.5 Å². The number of carbonyl (C=O) groups excluding carboxylic acids is 1. The minimum absolute atomic E-state index is 0.224. The zero-order chi connectivity index (χ0) is 21.2. The summed E-state index contributed by atoms with van der Waals surface area (Å²) in [5.41, 5.74) is 4.12. The molecule has 1 aliphatic rings. The number of hydrogen-bond donors (Lipinski definition) is 1. The molecule has 1 aliphatic carbocycles. The highest BCUT2D eigenvalue weighted by Crippen LogP contribution is 2.26. The summed E-state index contributed by atoms with van der Waals surface area (Å²) in [4.78, 5) is 12.9. The van der Waals surface area contributed by atoms with Gasteiger partial charge in [0.25, 0.3) is 0 Å². The first-order valence-corrected chi connectivity index (χ1v) is 12.1. The van der Waals surface area contributed by atoms with Crippen molar-refractivity contribution in [3.05, 3.63) is 64.2 Å². The Morgan fingerprint density at radius 1 is 1.07 bits per heavy atom. The number of fused-ring (bicyclic) bond motifs is 1. The molecule has 156 valence electrons. The van der Waals surface area contributed by atoms with Gasteiger partial charge < -0.3 is 5.32 Å². The van der Waals surface area contributed by atoms with Crippen LogP contribution in [0.3, 0.4) is 0 Å². The average molecular weight is 435 g/mol. The Labute approximate surface area is 178 Å². The van der Waals surface area contributed by atoms with Gasteiger partial charge in [-0.25, -0.2) is 8.42 Å². The summed E-state index contributed by atoms with van der Waals surface area (Å²) in [7, 11) is -3.68. The van der Waals surface area contributed by atoms with Crippen molar-refractivity contribution < 1.29 is 13.2 Å². The standard InChI is InChI=1S/C22H27ClN2O3S/c1-15(18-12-11-17-7-4-5-8-19(17)13-18)24-22(26)16(2)25(29(3,27)28)21-10-6-9-20(23)14-21/h6,9-16H,4-5,7-8H2,1-3H3,(H,24,26)/t15-,16+/m1/s1. The van der Waals surface area contributed by atoms with Crippen LogP contribution in [0.4, 0.5) is 5.69 Å². The van der Waals surface area contributed by atoms with E-state index in [1.54, 1.807) is 31.2 Å². The van der Waals surface area contributed by atoms with Gasteiger partial charge >= 0.3 is 0 Å². The number of hydrogen-bond acceptors (Lipinski definition) is 3. The van der Waals surface area contributed by atoms with Gasteiger partial charge in [-0.15, -0.1) is 0 Å². The van der Waals surface area contributed by atoms with Crippen LogP contribution in [0.2, 0.25) is 5.02 Å². The number of rotatable bonds is 6.